The number of carbonyl (C=O) groups is 1. The monoisotopic (exact) mass is 334 g/mol. The zero-order chi connectivity index (χ0) is 14.5. The molecule has 0 fully saturated rings. The molecule has 2 aromatic rings. The highest BCUT2D eigenvalue weighted by molar-refractivity contribution is 9.10. The van der Waals surface area contributed by atoms with E-state index in [0.717, 1.165) is 10.2 Å². The maximum Gasteiger partial charge on any atom is 0.258 e. The second-order valence-corrected chi connectivity index (χ2v) is 5.27. The summed E-state index contributed by atoms with van der Waals surface area (Å²) in [6.45, 7) is 0.0210. The van der Waals surface area contributed by atoms with Gasteiger partial charge in [0.25, 0.3) is 5.91 Å². The third-order valence-electron chi connectivity index (χ3n) is 2.95. The van der Waals surface area contributed by atoms with Gasteiger partial charge in [0, 0.05) is 47.7 Å². The van der Waals surface area contributed by atoms with Gasteiger partial charge in [0.2, 0.25) is 0 Å². The van der Waals surface area contributed by atoms with Crippen LogP contribution in [0.4, 0.5) is 5.69 Å². The molecule has 0 saturated carbocycles. The van der Waals surface area contributed by atoms with Gasteiger partial charge in [0.05, 0.1) is 0 Å². The van der Waals surface area contributed by atoms with Crippen molar-refractivity contribution in [3.8, 4) is 0 Å². The molecule has 5 heteroatoms. The molecule has 2 rings (SSSR count). The summed E-state index contributed by atoms with van der Waals surface area (Å²) in [5.74, 6) is -0.103. The van der Waals surface area contributed by atoms with Crippen molar-refractivity contribution >= 4 is 27.5 Å². The average Bonchev–Trinajstić information content (AvgIpc) is 2.47. The molecule has 1 aromatic carbocycles. The van der Waals surface area contributed by atoms with Crippen LogP contribution in [0, 0.1) is 0 Å². The second kappa shape index (κ2) is 6.63. The van der Waals surface area contributed by atoms with Crippen LogP contribution in [0.1, 0.15) is 16.1 Å². The maximum absolute atomic E-state index is 12.4. The van der Waals surface area contributed by atoms with Gasteiger partial charge in [-0.15, -0.1) is 0 Å². The molecule has 104 valence electrons. The minimum atomic E-state index is -0.103. The van der Waals surface area contributed by atoms with Crippen LogP contribution in [0.2, 0.25) is 0 Å². The van der Waals surface area contributed by atoms with Gasteiger partial charge < -0.3 is 10.0 Å². The van der Waals surface area contributed by atoms with Gasteiger partial charge in [-0.05, 0) is 36.4 Å². The molecule has 20 heavy (non-hydrogen) atoms. The van der Waals surface area contributed by atoms with Crippen molar-refractivity contribution in [2.75, 3.05) is 18.6 Å². The molecule has 0 bridgehead atoms. The summed E-state index contributed by atoms with van der Waals surface area (Å²) in [5.41, 5.74) is 2.09. The number of aliphatic hydroxyl groups excluding tert-OH is 1. The number of benzene rings is 1. The predicted octanol–water partition coefficient (Wildman–Crippen LogP) is 2.66. The minimum absolute atomic E-state index is 0.0210. The normalized spacial score (nSPS) is 10.3. The number of hydrogen-bond donors (Lipinski definition) is 1. The SMILES string of the molecule is CN(C(=O)c1ccnc(CCO)c1)c1ccc(Br)cc1. The van der Waals surface area contributed by atoms with Gasteiger partial charge in [0.1, 0.15) is 0 Å². The van der Waals surface area contributed by atoms with E-state index in [2.05, 4.69) is 20.9 Å². The van der Waals surface area contributed by atoms with Crippen LogP contribution in [-0.2, 0) is 6.42 Å². The Bertz CT molecular complexity index is 599. The van der Waals surface area contributed by atoms with Crippen LogP contribution in [0.15, 0.2) is 47.1 Å². The number of hydrogen-bond acceptors (Lipinski definition) is 3. The van der Waals surface area contributed by atoms with Gasteiger partial charge in [-0.3, -0.25) is 9.78 Å². The van der Waals surface area contributed by atoms with Gasteiger partial charge in [-0.25, -0.2) is 0 Å². The van der Waals surface area contributed by atoms with Gasteiger partial charge in [0.15, 0.2) is 0 Å². The van der Waals surface area contributed by atoms with E-state index in [1.807, 2.05) is 24.3 Å². The molecule has 0 saturated heterocycles. The number of halogens is 1. The number of pyridine rings is 1. The lowest BCUT2D eigenvalue weighted by Crippen LogP contribution is -2.26. The highest BCUT2D eigenvalue weighted by atomic mass is 79.9. The molecule has 1 N–H and O–H groups in total. The Hall–Kier alpha value is -1.72. The number of rotatable bonds is 4. The van der Waals surface area contributed by atoms with E-state index < -0.39 is 0 Å². The topological polar surface area (TPSA) is 53.4 Å². The van der Waals surface area contributed by atoms with Crippen molar-refractivity contribution in [2.45, 2.75) is 6.42 Å². The number of aliphatic hydroxyl groups is 1. The van der Waals surface area contributed by atoms with E-state index in [0.29, 0.717) is 17.7 Å². The first-order valence-corrected chi connectivity index (χ1v) is 7.00. The summed E-state index contributed by atoms with van der Waals surface area (Å²) in [4.78, 5) is 18.1. The fourth-order valence-electron chi connectivity index (χ4n) is 1.84. The van der Waals surface area contributed by atoms with Gasteiger partial charge in [-0.2, -0.15) is 0 Å². The van der Waals surface area contributed by atoms with Crippen LogP contribution >= 0.6 is 15.9 Å². The lowest BCUT2D eigenvalue weighted by molar-refractivity contribution is 0.0992. The Labute approximate surface area is 126 Å². The first-order valence-electron chi connectivity index (χ1n) is 6.21. The van der Waals surface area contributed by atoms with Crippen molar-refractivity contribution in [3.63, 3.8) is 0 Å². The van der Waals surface area contributed by atoms with E-state index >= 15 is 0 Å². The fraction of sp³-hybridized carbons (Fsp3) is 0.200. The number of anilines is 1. The Balaban J connectivity index is 2.21. The highest BCUT2D eigenvalue weighted by Crippen LogP contribution is 2.19. The molecule has 0 aliphatic rings. The molecule has 0 unspecified atom stereocenters. The standard InChI is InChI=1S/C15H15BrN2O2/c1-18(14-4-2-12(16)3-5-14)15(20)11-6-8-17-13(10-11)7-9-19/h2-6,8,10,19H,7,9H2,1H3. The van der Waals surface area contributed by atoms with Crippen LogP contribution in [0.3, 0.4) is 0 Å². The first kappa shape index (κ1) is 14.7. The lowest BCUT2D eigenvalue weighted by Gasteiger charge is -2.17. The average molecular weight is 335 g/mol. The van der Waals surface area contributed by atoms with Crippen LogP contribution in [-0.4, -0.2) is 29.7 Å². The van der Waals surface area contributed by atoms with E-state index in [9.17, 15) is 4.79 Å². The Morgan fingerprint density at radius 3 is 2.65 bits per heavy atom. The summed E-state index contributed by atoms with van der Waals surface area (Å²) in [5, 5.41) is 8.92. The largest absolute Gasteiger partial charge is 0.396 e. The molecule has 4 nitrogen and oxygen atoms in total. The molecule has 1 aromatic heterocycles. The lowest BCUT2D eigenvalue weighted by atomic mass is 10.1. The van der Waals surface area contributed by atoms with E-state index in [-0.39, 0.29) is 12.5 Å². The quantitative estimate of drug-likeness (QED) is 0.935. The molecule has 0 atom stereocenters. The molecule has 0 aliphatic heterocycles. The second-order valence-electron chi connectivity index (χ2n) is 4.35. The first-order chi connectivity index (χ1) is 9.61. The number of carbonyl (C=O) groups excluding carboxylic acids is 1. The molecular weight excluding hydrogens is 320 g/mol. The molecule has 0 radical (unpaired) electrons. The maximum atomic E-state index is 12.4. The summed E-state index contributed by atoms with van der Waals surface area (Å²) in [6.07, 6.45) is 2.04. The molecular formula is C15H15BrN2O2. The van der Waals surface area contributed by atoms with Crippen molar-refractivity contribution in [3.05, 3.63) is 58.3 Å². The zero-order valence-electron chi connectivity index (χ0n) is 11.1. The predicted molar refractivity (Wildman–Crippen MR) is 81.9 cm³/mol. The summed E-state index contributed by atoms with van der Waals surface area (Å²) in [7, 11) is 1.73. The Morgan fingerprint density at radius 2 is 2.00 bits per heavy atom. The van der Waals surface area contributed by atoms with E-state index in [4.69, 9.17) is 5.11 Å². The summed E-state index contributed by atoms with van der Waals surface area (Å²) >= 11 is 3.37. The minimum Gasteiger partial charge on any atom is -0.396 e. The molecule has 1 amide bonds. The summed E-state index contributed by atoms with van der Waals surface area (Å²) < 4.78 is 0.969. The number of amides is 1. The highest BCUT2D eigenvalue weighted by Gasteiger charge is 2.14. The van der Waals surface area contributed by atoms with Crippen LogP contribution in [0.25, 0.3) is 0 Å². The summed E-state index contributed by atoms with van der Waals surface area (Å²) in [6, 6.07) is 10.9. The number of aromatic nitrogens is 1. The van der Waals surface area contributed by atoms with Crippen LogP contribution < -0.4 is 4.90 Å². The van der Waals surface area contributed by atoms with Crippen LogP contribution in [0.5, 0.6) is 0 Å². The van der Waals surface area contributed by atoms with Crippen molar-refractivity contribution in [2.24, 2.45) is 0 Å². The smallest absolute Gasteiger partial charge is 0.258 e. The Morgan fingerprint density at radius 1 is 1.30 bits per heavy atom. The fourth-order valence-corrected chi connectivity index (χ4v) is 2.10. The van der Waals surface area contributed by atoms with Gasteiger partial charge in [-0.1, -0.05) is 15.9 Å². The third kappa shape index (κ3) is 3.43. The van der Waals surface area contributed by atoms with E-state index in [1.165, 1.54) is 0 Å². The van der Waals surface area contributed by atoms with Crippen molar-refractivity contribution in [1.29, 1.82) is 0 Å². The Kier molecular flexibility index (Phi) is 4.87. The number of nitrogens with zero attached hydrogens (tertiary/aromatic N) is 2. The van der Waals surface area contributed by atoms with Crippen molar-refractivity contribution in [1.82, 2.24) is 4.98 Å². The van der Waals surface area contributed by atoms with Gasteiger partial charge >= 0.3 is 0 Å². The molecule has 1 heterocycles. The van der Waals surface area contributed by atoms with E-state index in [1.54, 1.807) is 30.3 Å². The van der Waals surface area contributed by atoms with Crippen molar-refractivity contribution < 1.29 is 9.90 Å². The molecule has 0 spiro atoms. The third-order valence-corrected chi connectivity index (χ3v) is 3.48. The molecule has 0 aliphatic carbocycles. The zero-order valence-corrected chi connectivity index (χ0v) is 12.7.